The van der Waals surface area contributed by atoms with Gasteiger partial charge >= 0.3 is 11.9 Å². The lowest BCUT2D eigenvalue weighted by Gasteiger charge is -2.15. The molecule has 0 aromatic heterocycles. The molecule has 3 N–H and O–H groups in total. The number of benzene rings is 1. The van der Waals surface area contributed by atoms with Crippen molar-refractivity contribution in [1.82, 2.24) is 0 Å². The van der Waals surface area contributed by atoms with Gasteiger partial charge in [0.15, 0.2) is 0 Å². The summed E-state index contributed by atoms with van der Waals surface area (Å²) in [6, 6.07) is 5.18. The van der Waals surface area contributed by atoms with Gasteiger partial charge in [0, 0.05) is 0 Å². The molecule has 1 atom stereocenters. The molecule has 0 heterocycles. The van der Waals surface area contributed by atoms with Crippen LogP contribution in [0.15, 0.2) is 24.3 Å². The number of rotatable bonds is 4. The number of ether oxygens (including phenoxy) is 1. The van der Waals surface area contributed by atoms with Crippen LogP contribution < -0.4 is 10.5 Å². The van der Waals surface area contributed by atoms with E-state index in [1.165, 1.54) is 12.1 Å². The van der Waals surface area contributed by atoms with Gasteiger partial charge in [0.1, 0.15) is 17.4 Å². The molecule has 1 aromatic rings. The number of hydrogen-bond donors (Lipinski definition) is 2. The van der Waals surface area contributed by atoms with Gasteiger partial charge in [-0.25, -0.2) is 9.59 Å². The second kappa shape index (κ2) is 5.45. The number of aromatic carboxylic acids is 1. The van der Waals surface area contributed by atoms with E-state index in [4.69, 9.17) is 15.6 Å². The van der Waals surface area contributed by atoms with Crippen LogP contribution in [-0.2, 0) is 4.79 Å². The highest BCUT2D eigenvalue weighted by Gasteiger charge is 2.21. The fourth-order valence-corrected chi connectivity index (χ4v) is 1.18. The van der Waals surface area contributed by atoms with Crippen molar-refractivity contribution in [2.24, 2.45) is 11.7 Å². The Hall–Kier alpha value is -1.88. The summed E-state index contributed by atoms with van der Waals surface area (Å²) in [7, 11) is 0. The predicted molar refractivity (Wildman–Crippen MR) is 61.8 cm³/mol. The highest BCUT2D eigenvalue weighted by atomic mass is 16.5. The summed E-state index contributed by atoms with van der Waals surface area (Å²) in [4.78, 5) is 22.5. The molecule has 17 heavy (non-hydrogen) atoms. The van der Waals surface area contributed by atoms with E-state index in [1.807, 2.05) is 0 Å². The second-order valence-electron chi connectivity index (χ2n) is 3.99. The highest BCUT2D eigenvalue weighted by Crippen LogP contribution is 2.18. The molecule has 0 bridgehead atoms. The minimum Gasteiger partial charge on any atom is -0.478 e. The first-order valence-electron chi connectivity index (χ1n) is 5.23. The molecule has 0 fully saturated rings. The quantitative estimate of drug-likeness (QED) is 0.608. The highest BCUT2D eigenvalue weighted by molar-refractivity contribution is 5.92. The zero-order valence-corrected chi connectivity index (χ0v) is 9.71. The number of nitrogens with two attached hydrogens (primary N) is 1. The molecule has 0 spiro atoms. The Balaban J connectivity index is 2.89. The lowest BCUT2D eigenvalue weighted by molar-refractivity contribution is -0.136. The van der Waals surface area contributed by atoms with E-state index in [0.717, 1.165) is 0 Å². The van der Waals surface area contributed by atoms with Crippen molar-refractivity contribution < 1.29 is 19.4 Å². The molecule has 1 rings (SSSR count). The number of hydrogen-bond acceptors (Lipinski definition) is 4. The molecule has 0 saturated carbocycles. The largest absolute Gasteiger partial charge is 0.478 e. The Bertz CT molecular complexity index is 428. The maximum absolute atomic E-state index is 11.6. The molecule has 0 aliphatic heterocycles. The molecule has 5 heteroatoms. The first kappa shape index (κ1) is 13.2. The fourth-order valence-electron chi connectivity index (χ4n) is 1.18. The lowest BCUT2D eigenvalue weighted by atomic mass is 10.1. The number of carbonyl (C=O) groups excluding carboxylic acids is 1. The summed E-state index contributed by atoms with van der Waals surface area (Å²) in [6.45, 7) is 3.57. The predicted octanol–water partition coefficient (Wildman–Crippen LogP) is 1.27. The van der Waals surface area contributed by atoms with Crippen molar-refractivity contribution in [2.75, 3.05) is 0 Å². The molecule has 5 nitrogen and oxygen atoms in total. The third-order valence-corrected chi connectivity index (χ3v) is 2.32. The minimum atomic E-state index is -1.15. The SMILES string of the molecule is CC(C)[C@H](N)C(=O)Oc1ccccc1C(=O)O. The molecule has 1 aromatic carbocycles. The molecule has 0 amide bonds. The summed E-state index contributed by atoms with van der Waals surface area (Å²) in [5.74, 6) is -1.83. The second-order valence-corrected chi connectivity index (χ2v) is 3.99. The van der Waals surface area contributed by atoms with Gasteiger partial charge in [-0.05, 0) is 18.1 Å². The smallest absolute Gasteiger partial charge is 0.339 e. The van der Waals surface area contributed by atoms with Gasteiger partial charge in [-0.1, -0.05) is 26.0 Å². The lowest BCUT2D eigenvalue weighted by Crippen LogP contribution is -2.38. The summed E-state index contributed by atoms with van der Waals surface area (Å²) < 4.78 is 4.99. The van der Waals surface area contributed by atoms with E-state index in [0.29, 0.717) is 0 Å². The Morgan fingerprint density at radius 3 is 2.41 bits per heavy atom. The van der Waals surface area contributed by atoms with Gasteiger partial charge < -0.3 is 15.6 Å². The van der Waals surface area contributed by atoms with Crippen LogP contribution in [0.25, 0.3) is 0 Å². The normalized spacial score (nSPS) is 12.2. The van der Waals surface area contributed by atoms with Gasteiger partial charge in [-0.15, -0.1) is 0 Å². The van der Waals surface area contributed by atoms with Crippen LogP contribution in [0, 0.1) is 5.92 Å². The van der Waals surface area contributed by atoms with E-state index >= 15 is 0 Å². The topological polar surface area (TPSA) is 89.6 Å². The molecule has 92 valence electrons. The van der Waals surface area contributed by atoms with Crippen molar-refractivity contribution in [3.63, 3.8) is 0 Å². The van der Waals surface area contributed by atoms with Crippen LogP contribution >= 0.6 is 0 Å². The van der Waals surface area contributed by atoms with Crippen molar-refractivity contribution in [2.45, 2.75) is 19.9 Å². The van der Waals surface area contributed by atoms with E-state index in [1.54, 1.807) is 26.0 Å². The van der Waals surface area contributed by atoms with Crippen molar-refractivity contribution in [1.29, 1.82) is 0 Å². The van der Waals surface area contributed by atoms with E-state index in [9.17, 15) is 9.59 Å². The third-order valence-electron chi connectivity index (χ3n) is 2.32. The Labute approximate surface area is 99.2 Å². The Morgan fingerprint density at radius 1 is 1.29 bits per heavy atom. The number of carboxylic acid groups (broad SMARTS) is 1. The van der Waals surface area contributed by atoms with Gasteiger partial charge in [0.25, 0.3) is 0 Å². The third kappa shape index (κ3) is 3.29. The van der Waals surface area contributed by atoms with Crippen LogP contribution in [0.5, 0.6) is 5.75 Å². The van der Waals surface area contributed by atoms with Crippen molar-refractivity contribution in [3.05, 3.63) is 29.8 Å². The van der Waals surface area contributed by atoms with Crippen molar-refractivity contribution >= 4 is 11.9 Å². The number of carbonyl (C=O) groups is 2. The molecule has 0 radical (unpaired) electrons. The van der Waals surface area contributed by atoms with Gasteiger partial charge in [-0.2, -0.15) is 0 Å². The first-order chi connectivity index (χ1) is 7.93. The molecular formula is C12H15NO4. The summed E-state index contributed by atoms with van der Waals surface area (Å²) in [6.07, 6.45) is 0. The zero-order chi connectivity index (χ0) is 13.0. The van der Waals surface area contributed by atoms with E-state index in [-0.39, 0.29) is 17.2 Å². The summed E-state index contributed by atoms with van der Waals surface area (Å²) in [5.41, 5.74) is 5.55. The maximum Gasteiger partial charge on any atom is 0.339 e. The number of esters is 1. The molecular weight excluding hydrogens is 222 g/mol. The minimum absolute atomic E-state index is 0.0149. The molecule has 0 aliphatic rings. The van der Waals surface area contributed by atoms with Gasteiger partial charge in [0.05, 0.1) is 0 Å². The van der Waals surface area contributed by atoms with E-state index < -0.39 is 18.0 Å². The summed E-state index contributed by atoms with van der Waals surface area (Å²) >= 11 is 0. The van der Waals surface area contributed by atoms with Crippen LogP contribution in [0.1, 0.15) is 24.2 Å². The number of para-hydroxylation sites is 1. The maximum atomic E-state index is 11.6. The van der Waals surface area contributed by atoms with Crippen LogP contribution in [0.2, 0.25) is 0 Å². The monoisotopic (exact) mass is 237 g/mol. The Kier molecular flexibility index (Phi) is 4.23. The fraction of sp³-hybridized carbons (Fsp3) is 0.333. The van der Waals surface area contributed by atoms with E-state index in [2.05, 4.69) is 0 Å². The van der Waals surface area contributed by atoms with Crippen LogP contribution in [0.4, 0.5) is 0 Å². The zero-order valence-electron chi connectivity index (χ0n) is 9.71. The molecule has 0 saturated heterocycles. The average Bonchev–Trinajstić information content (AvgIpc) is 2.28. The standard InChI is InChI=1S/C12H15NO4/c1-7(2)10(13)12(16)17-9-6-4-3-5-8(9)11(14)15/h3-7,10H,13H2,1-2H3,(H,14,15)/t10-/m0/s1. The summed E-state index contributed by atoms with van der Waals surface area (Å²) in [5, 5.41) is 8.90. The average molecular weight is 237 g/mol. The first-order valence-corrected chi connectivity index (χ1v) is 5.23. The molecule has 0 unspecified atom stereocenters. The van der Waals surface area contributed by atoms with Crippen molar-refractivity contribution in [3.8, 4) is 5.75 Å². The van der Waals surface area contributed by atoms with Crippen LogP contribution in [0.3, 0.4) is 0 Å². The van der Waals surface area contributed by atoms with Gasteiger partial charge in [-0.3, -0.25) is 0 Å². The number of carboxylic acids is 1. The Morgan fingerprint density at radius 2 is 1.88 bits per heavy atom. The van der Waals surface area contributed by atoms with Crippen LogP contribution in [-0.4, -0.2) is 23.1 Å². The van der Waals surface area contributed by atoms with Gasteiger partial charge in [0.2, 0.25) is 0 Å². The molecule has 0 aliphatic carbocycles.